The molecule has 0 saturated carbocycles. The van der Waals surface area contributed by atoms with Gasteiger partial charge in [0.1, 0.15) is 6.26 Å². The van der Waals surface area contributed by atoms with E-state index in [1.54, 1.807) is 29.3 Å². The number of carbonyl (C=O) groups is 1. The Kier molecular flexibility index (Phi) is 5.30. The molecule has 1 aliphatic rings. The smallest absolute Gasteiger partial charge is 0.301 e. The van der Waals surface area contributed by atoms with Gasteiger partial charge in [0.05, 0.1) is 24.5 Å². The van der Waals surface area contributed by atoms with Gasteiger partial charge in [-0.1, -0.05) is 35.9 Å². The average Bonchev–Trinajstić information content (AvgIpc) is 3.43. The number of nitrogens with zero attached hydrogens (tertiary/aromatic N) is 4. The maximum absolute atomic E-state index is 13.2. The van der Waals surface area contributed by atoms with Crippen molar-refractivity contribution in [3.63, 3.8) is 0 Å². The number of oxazole rings is 1. The van der Waals surface area contributed by atoms with Gasteiger partial charge in [-0.25, -0.2) is 15.0 Å². The molecule has 0 bridgehead atoms. The van der Waals surface area contributed by atoms with E-state index in [0.717, 1.165) is 16.7 Å². The number of fused-ring (bicyclic) bond motifs is 1. The Labute approximate surface area is 188 Å². The minimum atomic E-state index is -0.479. The fourth-order valence-corrected chi connectivity index (χ4v) is 3.99. The summed E-state index contributed by atoms with van der Waals surface area (Å²) >= 11 is 6.11. The lowest BCUT2D eigenvalue weighted by molar-refractivity contribution is 0.0615. The molecule has 9 heteroatoms. The summed E-state index contributed by atoms with van der Waals surface area (Å²) in [6.07, 6.45) is 4.59. The molecule has 0 fully saturated rings. The molecular weight excluding hydrogens is 430 g/mol. The Morgan fingerprint density at radius 1 is 1.16 bits per heavy atom. The lowest BCUT2D eigenvalue weighted by atomic mass is 10.0. The molecule has 0 saturated heterocycles. The minimum Gasteiger partial charge on any atom is -0.432 e. The van der Waals surface area contributed by atoms with Crippen LogP contribution in [0.5, 0.6) is 0 Å². The summed E-state index contributed by atoms with van der Waals surface area (Å²) in [5.74, 6) is 0.188. The van der Waals surface area contributed by atoms with Gasteiger partial charge in [-0.15, -0.1) is 0 Å². The van der Waals surface area contributed by atoms with Crippen LogP contribution in [0.3, 0.4) is 0 Å². The highest BCUT2D eigenvalue weighted by atomic mass is 35.5. The number of anilines is 2. The van der Waals surface area contributed by atoms with E-state index in [2.05, 4.69) is 20.3 Å². The third-order valence-corrected chi connectivity index (χ3v) is 5.56. The fraction of sp³-hybridized carbons (Fsp3) is 0.130. The second kappa shape index (κ2) is 8.41. The van der Waals surface area contributed by atoms with Crippen LogP contribution in [0, 0.1) is 0 Å². The first kappa shape index (κ1) is 20.2. The van der Waals surface area contributed by atoms with Crippen molar-refractivity contribution in [2.24, 2.45) is 0 Å². The maximum atomic E-state index is 13.2. The molecule has 2 N–H and O–H groups in total. The number of aliphatic hydroxyl groups excluding tert-OH is 1. The summed E-state index contributed by atoms with van der Waals surface area (Å²) in [4.78, 5) is 27.6. The third kappa shape index (κ3) is 3.81. The van der Waals surface area contributed by atoms with Crippen molar-refractivity contribution in [1.82, 2.24) is 19.9 Å². The van der Waals surface area contributed by atoms with E-state index in [0.29, 0.717) is 28.8 Å². The Balaban J connectivity index is 1.42. The van der Waals surface area contributed by atoms with Gasteiger partial charge >= 0.3 is 6.01 Å². The number of hydrogen-bond donors (Lipinski definition) is 2. The van der Waals surface area contributed by atoms with Crippen molar-refractivity contribution in [1.29, 1.82) is 0 Å². The van der Waals surface area contributed by atoms with Crippen molar-refractivity contribution in [3.05, 3.63) is 88.9 Å². The highest BCUT2D eigenvalue weighted by molar-refractivity contribution is 6.30. The van der Waals surface area contributed by atoms with Crippen LogP contribution in [0.25, 0.3) is 11.3 Å². The van der Waals surface area contributed by atoms with Crippen molar-refractivity contribution < 1.29 is 14.3 Å². The maximum Gasteiger partial charge on any atom is 0.301 e. The largest absolute Gasteiger partial charge is 0.432 e. The van der Waals surface area contributed by atoms with Crippen LogP contribution in [-0.2, 0) is 6.54 Å². The van der Waals surface area contributed by atoms with E-state index >= 15 is 0 Å². The lowest BCUT2D eigenvalue weighted by Gasteiger charge is -2.26. The van der Waals surface area contributed by atoms with Gasteiger partial charge in [0.2, 0.25) is 5.95 Å². The van der Waals surface area contributed by atoms with Gasteiger partial charge in [0.25, 0.3) is 5.91 Å². The van der Waals surface area contributed by atoms with E-state index in [9.17, 15) is 9.90 Å². The predicted octanol–water partition coefficient (Wildman–Crippen LogP) is 4.22. The SMILES string of the molecule is O=C1c2cc(-c3ccnc(Nc4ncco4)n3)ccc2CN1C(CO)c1cccc(Cl)c1. The molecule has 8 nitrogen and oxygen atoms in total. The van der Waals surface area contributed by atoms with Crippen LogP contribution in [0.2, 0.25) is 5.02 Å². The van der Waals surface area contributed by atoms with Crippen molar-refractivity contribution in [2.45, 2.75) is 12.6 Å². The summed E-state index contributed by atoms with van der Waals surface area (Å²) in [5.41, 5.74) is 3.70. The number of carbonyl (C=O) groups excluding carboxylic acids is 1. The van der Waals surface area contributed by atoms with Crippen LogP contribution in [0.15, 0.2) is 71.6 Å². The molecule has 5 rings (SSSR count). The number of halogens is 1. The predicted molar refractivity (Wildman–Crippen MR) is 118 cm³/mol. The molecular formula is C23H18ClN5O3. The van der Waals surface area contributed by atoms with Crippen LogP contribution in [0.1, 0.15) is 27.5 Å². The van der Waals surface area contributed by atoms with E-state index in [-0.39, 0.29) is 18.5 Å². The molecule has 2 aromatic carbocycles. The van der Waals surface area contributed by atoms with E-state index in [1.165, 1.54) is 12.5 Å². The summed E-state index contributed by atoms with van der Waals surface area (Å²) in [7, 11) is 0. The zero-order chi connectivity index (χ0) is 22.1. The minimum absolute atomic E-state index is 0.145. The molecule has 4 aromatic rings. The zero-order valence-electron chi connectivity index (χ0n) is 16.8. The van der Waals surface area contributed by atoms with Gasteiger partial charge in [-0.3, -0.25) is 10.1 Å². The third-order valence-electron chi connectivity index (χ3n) is 5.33. The van der Waals surface area contributed by atoms with Crippen molar-refractivity contribution in [3.8, 4) is 11.3 Å². The molecule has 3 heterocycles. The number of nitrogens with one attached hydrogen (secondary N) is 1. The molecule has 1 unspecified atom stereocenters. The first-order valence-electron chi connectivity index (χ1n) is 9.92. The molecule has 160 valence electrons. The first-order valence-corrected chi connectivity index (χ1v) is 10.3. The lowest BCUT2D eigenvalue weighted by Crippen LogP contribution is -2.31. The summed E-state index contributed by atoms with van der Waals surface area (Å²) in [6.45, 7) is 0.210. The molecule has 2 aromatic heterocycles. The zero-order valence-corrected chi connectivity index (χ0v) is 17.5. The van der Waals surface area contributed by atoms with Crippen molar-refractivity contribution in [2.75, 3.05) is 11.9 Å². The first-order chi connectivity index (χ1) is 15.6. The second-order valence-electron chi connectivity index (χ2n) is 7.29. The number of aliphatic hydroxyl groups is 1. The van der Waals surface area contributed by atoms with Gasteiger partial charge in [0, 0.05) is 28.9 Å². The normalized spacial score (nSPS) is 13.8. The van der Waals surface area contributed by atoms with E-state index in [4.69, 9.17) is 16.0 Å². The van der Waals surface area contributed by atoms with Gasteiger partial charge in [-0.2, -0.15) is 0 Å². The molecule has 0 spiro atoms. The summed E-state index contributed by atoms with van der Waals surface area (Å²) < 4.78 is 5.17. The van der Waals surface area contributed by atoms with Crippen LogP contribution in [-0.4, -0.2) is 37.5 Å². The fourth-order valence-electron chi connectivity index (χ4n) is 3.79. The molecule has 0 radical (unpaired) electrons. The molecule has 1 aliphatic heterocycles. The van der Waals surface area contributed by atoms with Gasteiger partial charge in [0.15, 0.2) is 0 Å². The number of rotatable bonds is 6. The van der Waals surface area contributed by atoms with Crippen LogP contribution in [0.4, 0.5) is 12.0 Å². The average molecular weight is 448 g/mol. The Morgan fingerprint density at radius 2 is 2.06 bits per heavy atom. The van der Waals surface area contributed by atoms with E-state index < -0.39 is 6.04 Å². The van der Waals surface area contributed by atoms with E-state index in [1.807, 2.05) is 30.3 Å². The molecule has 32 heavy (non-hydrogen) atoms. The molecule has 0 aliphatic carbocycles. The molecule has 1 amide bonds. The van der Waals surface area contributed by atoms with Gasteiger partial charge < -0.3 is 14.4 Å². The van der Waals surface area contributed by atoms with Crippen molar-refractivity contribution >= 4 is 29.5 Å². The second-order valence-corrected chi connectivity index (χ2v) is 7.72. The quantitative estimate of drug-likeness (QED) is 0.456. The summed E-state index contributed by atoms with van der Waals surface area (Å²) in [5, 5.41) is 13.5. The number of hydrogen-bond acceptors (Lipinski definition) is 7. The monoisotopic (exact) mass is 447 g/mol. The highest BCUT2D eigenvalue weighted by Crippen LogP contribution is 2.34. The summed E-state index contributed by atoms with van der Waals surface area (Å²) in [6, 6.07) is 14.4. The number of aromatic nitrogens is 3. The number of amides is 1. The van der Waals surface area contributed by atoms with Crippen LogP contribution < -0.4 is 5.32 Å². The van der Waals surface area contributed by atoms with Crippen LogP contribution >= 0.6 is 11.6 Å². The highest BCUT2D eigenvalue weighted by Gasteiger charge is 2.33. The Morgan fingerprint density at radius 3 is 2.84 bits per heavy atom. The standard InChI is InChI=1S/C23H18ClN5O3/c24-17-3-1-2-15(10-17)20(13-30)29-12-16-5-4-14(11-18(16)21(29)31)19-6-7-25-22(27-19)28-23-26-8-9-32-23/h1-11,20,30H,12-13H2,(H,25,26,27,28). The number of benzene rings is 2. The topological polar surface area (TPSA) is 104 Å². The van der Waals surface area contributed by atoms with Gasteiger partial charge in [-0.05, 0) is 35.4 Å². The Hall–Kier alpha value is -3.75. The molecule has 1 atom stereocenters. The Bertz CT molecular complexity index is 1280.